The van der Waals surface area contributed by atoms with Gasteiger partial charge in [0, 0.05) is 23.9 Å². The predicted molar refractivity (Wildman–Crippen MR) is 82.5 cm³/mol. The zero-order chi connectivity index (χ0) is 13.7. The Bertz CT molecular complexity index is 508. The van der Waals surface area contributed by atoms with Gasteiger partial charge in [-0.1, -0.05) is 6.92 Å². The standard InChI is InChI=1S/C13H19BrN4S/c1-3-7-15-10(11-5-6-12(14)19-11)8-13-16-9-17-18(13)4-2/h5-6,9-10,15H,3-4,7-8H2,1-2H3. The first-order valence-electron chi connectivity index (χ1n) is 6.59. The van der Waals surface area contributed by atoms with Crippen molar-refractivity contribution in [1.82, 2.24) is 20.1 Å². The van der Waals surface area contributed by atoms with E-state index in [1.165, 1.54) is 8.66 Å². The van der Waals surface area contributed by atoms with Gasteiger partial charge in [0.15, 0.2) is 0 Å². The SMILES string of the molecule is CCCNC(Cc1ncnn1CC)c1ccc(Br)s1. The van der Waals surface area contributed by atoms with Crippen molar-refractivity contribution in [2.24, 2.45) is 0 Å². The number of aryl methyl sites for hydroxylation is 1. The lowest BCUT2D eigenvalue weighted by molar-refractivity contribution is 0.502. The highest BCUT2D eigenvalue weighted by Gasteiger charge is 2.16. The molecule has 2 aromatic rings. The summed E-state index contributed by atoms with van der Waals surface area (Å²) >= 11 is 5.31. The molecule has 2 rings (SSSR count). The summed E-state index contributed by atoms with van der Waals surface area (Å²) in [4.78, 5) is 5.71. The summed E-state index contributed by atoms with van der Waals surface area (Å²) in [7, 11) is 0. The summed E-state index contributed by atoms with van der Waals surface area (Å²) < 4.78 is 3.13. The number of halogens is 1. The monoisotopic (exact) mass is 342 g/mol. The zero-order valence-electron chi connectivity index (χ0n) is 11.3. The largest absolute Gasteiger partial charge is 0.309 e. The lowest BCUT2D eigenvalue weighted by Crippen LogP contribution is -2.24. The Morgan fingerprint density at radius 2 is 2.26 bits per heavy atom. The molecule has 0 aliphatic heterocycles. The molecule has 0 aliphatic rings. The predicted octanol–water partition coefficient (Wildman–Crippen LogP) is 3.41. The second-order valence-corrected chi connectivity index (χ2v) is 6.84. The van der Waals surface area contributed by atoms with Crippen LogP contribution in [0.5, 0.6) is 0 Å². The van der Waals surface area contributed by atoms with E-state index in [1.807, 2.05) is 4.68 Å². The third-order valence-corrected chi connectivity index (χ3v) is 4.70. The lowest BCUT2D eigenvalue weighted by atomic mass is 10.1. The highest BCUT2D eigenvalue weighted by Crippen LogP contribution is 2.29. The molecule has 0 fully saturated rings. The number of nitrogens with one attached hydrogen (secondary N) is 1. The van der Waals surface area contributed by atoms with Crippen LogP contribution in [0.25, 0.3) is 0 Å². The van der Waals surface area contributed by atoms with Gasteiger partial charge in [-0.25, -0.2) is 4.98 Å². The first-order valence-corrected chi connectivity index (χ1v) is 8.20. The van der Waals surface area contributed by atoms with Crippen molar-refractivity contribution in [3.63, 3.8) is 0 Å². The molecule has 0 radical (unpaired) electrons. The van der Waals surface area contributed by atoms with Crippen LogP contribution in [-0.2, 0) is 13.0 Å². The Labute approximate surface area is 126 Å². The van der Waals surface area contributed by atoms with E-state index in [0.717, 1.165) is 31.8 Å². The number of aromatic nitrogens is 3. The maximum absolute atomic E-state index is 4.37. The van der Waals surface area contributed by atoms with Crippen LogP contribution in [0, 0.1) is 0 Å². The van der Waals surface area contributed by atoms with Crippen LogP contribution in [-0.4, -0.2) is 21.3 Å². The van der Waals surface area contributed by atoms with Crippen molar-refractivity contribution < 1.29 is 0 Å². The number of hydrogen-bond donors (Lipinski definition) is 1. The highest BCUT2D eigenvalue weighted by atomic mass is 79.9. The Balaban J connectivity index is 2.14. The van der Waals surface area contributed by atoms with Gasteiger partial charge in [0.25, 0.3) is 0 Å². The van der Waals surface area contributed by atoms with Crippen molar-refractivity contribution in [2.75, 3.05) is 6.54 Å². The third-order valence-electron chi connectivity index (χ3n) is 2.96. The quantitative estimate of drug-likeness (QED) is 0.838. The Morgan fingerprint density at radius 1 is 1.42 bits per heavy atom. The number of hydrogen-bond acceptors (Lipinski definition) is 4. The van der Waals surface area contributed by atoms with Crippen molar-refractivity contribution in [1.29, 1.82) is 0 Å². The molecule has 6 heteroatoms. The van der Waals surface area contributed by atoms with E-state index >= 15 is 0 Å². The second kappa shape index (κ2) is 7.17. The minimum atomic E-state index is 0.311. The van der Waals surface area contributed by atoms with E-state index in [-0.39, 0.29) is 0 Å². The topological polar surface area (TPSA) is 42.7 Å². The van der Waals surface area contributed by atoms with Crippen LogP contribution >= 0.6 is 27.3 Å². The normalized spacial score (nSPS) is 12.8. The van der Waals surface area contributed by atoms with Gasteiger partial charge in [-0.15, -0.1) is 11.3 Å². The van der Waals surface area contributed by atoms with Crippen LogP contribution in [0.3, 0.4) is 0 Å². The molecule has 1 unspecified atom stereocenters. The van der Waals surface area contributed by atoms with E-state index in [4.69, 9.17) is 0 Å². The number of nitrogens with zero attached hydrogens (tertiary/aromatic N) is 3. The van der Waals surface area contributed by atoms with E-state index in [0.29, 0.717) is 6.04 Å². The molecule has 4 nitrogen and oxygen atoms in total. The molecule has 19 heavy (non-hydrogen) atoms. The molecule has 0 aromatic carbocycles. The van der Waals surface area contributed by atoms with Gasteiger partial charge >= 0.3 is 0 Å². The molecule has 2 heterocycles. The van der Waals surface area contributed by atoms with Gasteiger partial charge < -0.3 is 5.32 Å². The number of thiophene rings is 1. The average Bonchev–Trinajstić information content (AvgIpc) is 3.02. The second-order valence-electron chi connectivity index (χ2n) is 4.34. The van der Waals surface area contributed by atoms with Crippen molar-refractivity contribution in [3.05, 3.63) is 32.9 Å². The fourth-order valence-electron chi connectivity index (χ4n) is 2.00. The van der Waals surface area contributed by atoms with Gasteiger partial charge in [0.2, 0.25) is 0 Å². The Kier molecular flexibility index (Phi) is 5.54. The minimum Gasteiger partial charge on any atom is -0.309 e. The average molecular weight is 343 g/mol. The summed E-state index contributed by atoms with van der Waals surface area (Å²) in [5.74, 6) is 1.04. The van der Waals surface area contributed by atoms with Crippen LogP contribution in [0.4, 0.5) is 0 Å². The molecular formula is C13H19BrN4S. The molecule has 0 saturated carbocycles. The maximum Gasteiger partial charge on any atom is 0.138 e. The van der Waals surface area contributed by atoms with Gasteiger partial charge in [-0.2, -0.15) is 5.10 Å². The lowest BCUT2D eigenvalue weighted by Gasteiger charge is -2.16. The molecule has 104 valence electrons. The van der Waals surface area contributed by atoms with E-state index in [9.17, 15) is 0 Å². The fourth-order valence-corrected chi connectivity index (χ4v) is 3.50. The Hall–Kier alpha value is -0.720. The first-order chi connectivity index (χ1) is 9.24. The van der Waals surface area contributed by atoms with Crippen LogP contribution in [0.2, 0.25) is 0 Å². The van der Waals surface area contributed by atoms with Crippen molar-refractivity contribution in [2.45, 2.75) is 39.3 Å². The van der Waals surface area contributed by atoms with Crippen molar-refractivity contribution in [3.8, 4) is 0 Å². The van der Waals surface area contributed by atoms with Crippen LogP contribution < -0.4 is 5.32 Å². The van der Waals surface area contributed by atoms with Crippen molar-refractivity contribution >= 4 is 27.3 Å². The van der Waals surface area contributed by atoms with E-state index in [2.05, 4.69) is 57.3 Å². The fraction of sp³-hybridized carbons (Fsp3) is 0.538. The Morgan fingerprint density at radius 3 is 2.89 bits per heavy atom. The molecule has 1 atom stereocenters. The molecule has 0 saturated heterocycles. The van der Waals surface area contributed by atoms with Crippen LogP contribution in [0.1, 0.15) is 37.0 Å². The summed E-state index contributed by atoms with van der Waals surface area (Å²) in [5, 5.41) is 7.84. The van der Waals surface area contributed by atoms with Gasteiger partial charge in [0.05, 0.1) is 3.79 Å². The highest BCUT2D eigenvalue weighted by molar-refractivity contribution is 9.11. The van der Waals surface area contributed by atoms with Gasteiger partial charge in [0.1, 0.15) is 12.2 Å². The maximum atomic E-state index is 4.37. The molecule has 0 spiro atoms. The minimum absolute atomic E-state index is 0.311. The summed E-state index contributed by atoms with van der Waals surface area (Å²) in [6.07, 6.45) is 3.64. The molecule has 0 amide bonds. The smallest absolute Gasteiger partial charge is 0.138 e. The van der Waals surface area contributed by atoms with Crippen LogP contribution in [0.15, 0.2) is 22.2 Å². The molecule has 2 aromatic heterocycles. The zero-order valence-corrected chi connectivity index (χ0v) is 13.7. The summed E-state index contributed by atoms with van der Waals surface area (Å²) in [5.41, 5.74) is 0. The van der Waals surface area contributed by atoms with E-state index < -0.39 is 0 Å². The van der Waals surface area contributed by atoms with Gasteiger partial charge in [-0.3, -0.25) is 4.68 Å². The molecular weight excluding hydrogens is 324 g/mol. The van der Waals surface area contributed by atoms with Gasteiger partial charge in [-0.05, 0) is 48.0 Å². The number of rotatable bonds is 7. The summed E-state index contributed by atoms with van der Waals surface area (Å²) in [6, 6.07) is 4.59. The molecule has 0 bridgehead atoms. The first kappa shape index (κ1) is 14.7. The molecule has 0 aliphatic carbocycles. The van der Waals surface area contributed by atoms with E-state index in [1.54, 1.807) is 17.7 Å². The summed E-state index contributed by atoms with van der Waals surface area (Å²) in [6.45, 7) is 6.15. The third kappa shape index (κ3) is 3.87. The molecule has 1 N–H and O–H groups in total.